The SMILES string of the molecule is CCC(=O)CC(=O)C(C)CC. The quantitative estimate of drug-likeness (QED) is 0.570. The fraction of sp³-hybridized carbons (Fsp3) is 0.778. The van der Waals surface area contributed by atoms with Crippen molar-refractivity contribution in [2.45, 2.75) is 40.0 Å². The number of ketones is 2. The Morgan fingerprint density at radius 2 is 1.82 bits per heavy atom. The summed E-state index contributed by atoms with van der Waals surface area (Å²) < 4.78 is 0. The Balaban J connectivity index is 3.77. The summed E-state index contributed by atoms with van der Waals surface area (Å²) in [6, 6.07) is 0. The molecule has 0 aliphatic heterocycles. The van der Waals surface area contributed by atoms with E-state index in [1.54, 1.807) is 6.92 Å². The second kappa shape index (κ2) is 5.05. The highest BCUT2D eigenvalue weighted by molar-refractivity contribution is 5.99. The number of hydrogen-bond donors (Lipinski definition) is 0. The third kappa shape index (κ3) is 3.91. The lowest BCUT2D eigenvalue weighted by Crippen LogP contribution is -2.14. The lowest BCUT2D eigenvalue weighted by molar-refractivity contribution is -0.128. The molecule has 0 rings (SSSR count). The maximum Gasteiger partial charge on any atom is 0.143 e. The van der Waals surface area contributed by atoms with Gasteiger partial charge in [0.2, 0.25) is 0 Å². The van der Waals surface area contributed by atoms with Gasteiger partial charge >= 0.3 is 0 Å². The van der Waals surface area contributed by atoms with Gasteiger partial charge in [0.15, 0.2) is 0 Å². The summed E-state index contributed by atoms with van der Waals surface area (Å²) in [6.45, 7) is 5.61. The average molecular weight is 156 g/mol. The molecule has 0 aromatic rings. The summed E-state index contributed by atoms with van der Waals surface area (Å²) >= 11 is 0. The maximum absolute atomic E-state index is 11.1. The van der Waals surface area contributed by atoms with Crippen molar-refractivity contribution in [3.05, 3.63) is 0 Å². The second-order valence-electron chi connectivity index (χ2n) is 2.84. The number of hydrogen-bond acceptors (Lipinski definition) is 2. The van der Waals surface area contributed by atoms with Crippen LogP contribution in [0, 0.1) is 5.92 Å². The van der Waals surface area contributed by atoms with Gasteiger partial charge in [0.05, 0.1) is 6.42 Å². The van der Waals surface area contributed by atoms with Crippen LogP contribution in [0.2, 0.25) is 0 Å². The zero-order chi connectivity index (χ0) is 8.85. The highest BCUT2D eigenvalue weighted by Gasteiger charge is 2.13. The molecule has 0 aliphatic carbocycles. The molecule has 2 nitrogen and oxygen atoms in total. The van der Waals surface area contributed by atoms with E-state index in [4.69, 9.17) is 0 Å². The van der Waals surface area contributed by atoms with E-state index in [9.17, 15) is 9.59 Å². The predicted octanol–water partition coefficient (Wildman–Crippen LogP) is 1.97. The summed E-state index contributed by atoms with van der Waals surface area (Å²) in [5.41, 5.74) is 0. The minimum Gasteiger partial charge on any atom is -0.299 e. The van der Waals surface area contributed by atoms with Gasteiger partial charge < -0.3 is 0 Å². The molecule has 0 saturated carbocycles. The highest BCUT2D eigenvalue weighted by Crippen LogP contribution is 2.05. The molecule has 0 heterocycles. The molecule has 1 unspecified atom stereocenters. The van der Waals surface area contributed by atoms with Gasteiger partial charge in [0, 0.05) is 12.3 Å². The van der Waals surface area contributed by atoms with Crippen LogP contribution in [0.1, 0.15) is 40.0 Å². The molecule has 11 heavy (non-hydrogen) atoms. The van der Waals surface area contributed by atoms with Gasteiger partial charge in [0.25, 0.3) is 0 Å². The smallest absolute Gasteiger partial charge is 0.143 e. The van der Waals surface area contributed by atoms with Gasteiger partial charge in [-0.05, 0) is 6.42 Å². The molecule has 0 amide bonds. The number of rotatable bonds is 5. The molecule has 0 aromatic heterocycles. The molecule has 0 bridgehead atoms. The third-order valence-electron chi connectivity index (χ3n) is 1.93. The molecular weight excluding hydrogens is 140 g/mol. The third-order valence-corrected chi connectivity index (χ3v) is 1.93. The van der Waals surface area contributed by atoms with E-state index in [0.717, 1.165) is 6.42 Å². The van der Waals surface area contributed by atoms with E-state index >= 15 is 0 Å². The summed E-state index contributed by atoms with van der Waals surface area (Å²) in [4.78, 5) is 21.9. The Labute approximate surface area is 68.0 Å². The molecule has 0 saturated heterocycles. The van der Waals surface area contributed by atoms with Crippen molar-refractivity contribution in [2.24, 2.45) is 5.92 Å². The largest absolute Gasteiger partial charge is 0.299 e. The Bertz CT molecular complexity index is 150. The fourth-order valence-electron chi connectivity index (χ4n) is 0.721. The van der Waals surface area contributed by atoms with Crippen molar-refractivity contribution in [1.82, 2.24) is 0 Å². The van der Waals surface area contributed by atoms with E-state index < -0.39 is 0 Å². The lowest BCUT2D eigenvalue weighted by atomic mass is 9.99. The summed E-state index contributed by atoms with van der Waals surface area (Å²) in [5, 5.41) is 0. The molecule has 2 heteroatoms. The first-order valence-electron chi connectivity index (χ1n) is 4.16. The summed E-state index contributed by atoms with van der Waals surface area (Å²) in [5.74, 6) is 0.181. The van der Waals surface area contributed by atoms with Crippen LogP contribution in [0.3, 0.4) is 0 Å². The van der Waals surface area contributed by atoms with Crippen LogP contribution < -0.4 is 0 Å². The molecule has 1 atom stereocenters. The predicted molar refractivity (Wildman–Crippen MR) is 44.4 cm³/mol. The minimum atomic E-state index is 0.0468. The van der Waals surface area contributed by atoms with Crippen LogP contribution >= 0.6 is 0 Å². The Morgan fingerprint density at radius 1 is 1.27 bits per heavy atom. The van der Waals surface area contributed by atoms with E-state index in [0.29, 0.717) is 6.42 Å². The van der Waals surface area contributed by atoms with Crippen LogP contribution in [0.5, 0.6) is 0 Å². The van der Waals surface area contributed by atoms with Crippen LogP contribution in [-0.4, -0.2) is 11.6 Å². The monoisotopic (exact) mass is 156 g/mol. The maximum atomic E-state index is 11.1. The van der Waals surface area contributed by atoms with Gasteiger partial charge in [-0.2, -0.15) is 0 Å². The van der Waals surface area contributed by atoms with E-state index in [-0.39, 0.29) is 23.9 Å². The van der Waals surface area contributed by atoms with E-state index in [1.165, 1.54) is 0 Å². The number of Topliss-reactive ketones (excluding diaryl/α,β-unsaturated/α-hetero) is 2. The zero-order valence-electron chi connectivity index (χ0n) is 7.52. The molecule has 64 valence electrons. The highest BCUT2D eigenvalue weighted by atomic mass is 16.1. The van der Waals surface area contributed by atoms with Gasteiger partial charge in [-0.15, -0.1) is 0 Å². The van der Waals surface area contributed by atoms with Crippen molar-refractivity contribution in [2.75, 3.05) is 0 Å². The van der Waals surface area contributed by atoms with Crippen molar-refractivity contribution in [1.29, 1.82) is 0 Å². The van der Waals surface area contributed by atoms with Crippen LogP contribution in [0.25, 0.3) is 0 Å². The number of carbonyl (C=O) groups is 2. The molecule has 0 spiro atoms. The van der Waals surface area contributed by atoms with Gasteiger partial charge in [-0.3, -0.25) is 9.59 Å². The fourth-order valence-corrected chi connectivity index (χ4v) is 0.721. The Hall–Kier alpha value is -0.660. The van der Waals surface area contributed by atoms with Crippen molar-refractivity contribution < 1.29 is 9.59 Å². The zero-order valence-corrected chi connectivity index (χ0v) is 7.52. The first-order chi connectivity index (χ1) is 5.11. The van der Waals surface area contributed by atoms with Gasteiger partial charge in [0.1, 0.15) is 11.6 Å². The van der Waals surface area contributed by atoms with Gasteiger partial charge in [-0.25, -0.2) is 0 Å². The number of carbonyl (C=O) groups excluding carboxylic acids is 2. The molecule has 0 aromatic carbocycles. The standard InChI is InChI=1S/C9H16O2/c1-4-7(3)9(11)6-8(10)5-2/h7H,4-6H2,1-3H3. The Kier molecular flexibility index (Phi) is 4.75. The summed E-state index contributed by atoms with van der Waals surface area (Å²) in [7, 11) is 0. The molecule has 0 radical (unpaired) electrons. The first kappa shape index (κ1) is 10.3. The van der Waals surface area contributed by atoms with E-state index in [1.807, 2.05) is 13.8 Å². The van der Waals surface area contributed by atoms with Crippen LogP contribution in [0.15, 0.2) is 0 Å². The Morgan fingerprint density at radius 3 is 2.18 bits per heavy atom. The average Bonchev–Trinajstić information content (AvgIpc) is 2.02. The first-order valence-corrected chi connectivity index (χ1v) is 4.16. The van der Waals surface area contributed by atoms with Gasteiger partial charge in [-0.1, -0.05) is 20.8 Å². The molecule has 0 N–H and O–H groups in total. The van der Waals surface area contributed by atoms with E-state index in [2.05, 4.69) is 0 Å². The van der Waals surface area contributed by atoms with Crippen molar-refractivity contribution >= 4 is 11.6 Å². The van der Waals surface area contributed by atoms with Crippen molar-refractivity contribution in [3.63, 3.8) is 0 Å². The molecular formula is C9H16O2. The van der Waals surface area contributed by atoms with Crippen molar-refractivity contribution in [3.8, 4) is 0 Å². The molecule has 0 fully saturated rings. The second-order valence-corrected chi connectivity index (χ2v) is 2.84. The molecule has 0 aliphatic rings. The lowest BCUT2D eigenvalue weighted by Gasteiger charge is -2.04. The minimum absolute atomic E-state index is 0.0468. The normalized spacial score (nSPS) is 12.6. The summed E-state index contributed by atoms with van der Waals surface area (Å²) in [6.07, 6.45) is 1.43. The topological polar surface area (TPSA) is 34.1 Å². The van der Waals surface area contributed by atoms with Crippen LogP contribution in [0.4, 0.5) is 0 Å². The van der Waals surface area contributed by atoms with Crippen LogP contribution in [-0.2, 0) is 9.59 Å².